The summed E-state index contributed by atoms with van der Waals surface area (Å²) in [7, 11) is 0. The van der Waals surface area contributed by atoms with Crippen LogP contribution in [0.3, 0.4) is 0 Å². The number of nitrogens with one attached hydrogen (secondary N) is 2. The molecule has 0 aromatic rings. The van der Waals surface area contributed by atoms with Crippen LogP contribution in [0.4, 0.5) is 4.79 Å². The van der Waals surface area contributed by atoms with Crippen molar-refractivity contribution in [1.29, 1.82) is 0 Å². The third kappa shape index (κ3) is 3.92. The molecule has 0 aromatic carbocycles. The van der Waals surface area contributed by atoms with Gasteiger partial charge in [0.1, 0.15) is 5.54 Å². The predicted molar refractivity (Wildman–Crippen MR) is 62.3 cm³/mol. The fourth-order valence-corrected chi connectivity index (χ4v) is 1.28. The van der Waals surface area contributed by atoms with Crippen LogP contribution in [0.5, 0.6) is 0 Å². The van der Waals surface area contributed by atoms with Gasteiger partial charge in [-0.1, -0.05) is 26.0 Å². The Kier molecular flexibility index (Phi) is 5.56. The van der Waals surface area contributed by atoms with Crippen LogP contribution >= 0.6 is 0 Å². The van der Waals surface area contributed by atoms with Gasteiger partial charge in [-0.15, -0.1) is 0 Å². The van der Waals surface area contributed by atoms with Crippen molar-refractivity contribution in [3.63, 3.8) is 0 Å². The molecule has 0 saturated heterocycles. The average molecular weight is 228 g/mol. The zero-order valence-corrected chi connectivity index (χ0v) is 10.1. The molecule has 0 spiro atoms. The molecule has 0 bridgehead atoms. The van der Waals surface area contributed by atoms with Gasteiger partial charge in [0.2, 0.25) is 0 Å². The van der Waals surface area contributed by atoms with Gasteiger partial charge in [0.15, 0.2) is 0 Å². The van der Waals surface area contributed by atoms with E-state index in [-0.39, 0.29) is 0 Å². The Morgan fingerprint density at radius 2 is 1.81 bits per heavy atom. The zero-order valence-electron chi connectivity index (χ0n) is 10.1. The van der Waals surface area contributed by atoms with Gasteiger partial charge in [-0.2, -0.15) is 0 Å². The number of hydrogen-bond acceptors (Lipinski definition) is 2. The molecule has 0 radical (unpaired) electrons. The first-order valence-corrected chi connectivity index (χ1v) is 5.31. The van der Waals surface area contributed by atoms with Crippen molar-refractivity contribution >= 4 is 12.0 Å². The van der Waals surface area contributed by atoms with Gasteiger partial charge in [0.25, 0.3) is 0 Å². The highest BCUT2D eigenvalue weighted by molar-refractivity contribution is 5.86. The Labute approximate surface area is 95.9 Å². The van der Waals surface area contributed by atoms with Crippen LogP contribution in [0.1, 0.15) is 33.6 Å². The van der Waals surface area contributed by atoms with Crippen LogP contribution in [0.25, 0.3) is 0 Å². The average Bonchev–Trinajstić information content (AvgIpc) is 2.22. The Bertz CT molecular complexity index is 283. The Morgan fingerprint density at radius 1 is 1.31 bits per heavy atom. The second-order valence-electron chi connectivity index (χ2n) is 3.86. The smallest absolute Gasteiger partial charge is 0.329 e. The molecule has 0 rings (SSSR count). The van der Waals surface area contributed by atoms with E-state index in [0.717, 1.165) is 5.57 Å². The first kappa shape index (κ1) is 14.5. The van der Waals surface area contributed by atoms with Crippen LogP contribution < -0.4 is 10.6 Å². The molecule has 5 heteroatoms. The Balaban J connectivity index is 4.46. The maximum absolute atomic E-state index is 11.5. The van der Waals surface area contributed by atoms with Crippen molar-refractivity contribution in [2.24, 2.45) is 0 Å². The van der Waals surface area contributed by atoms with Crippen molar-refractivity contribution in [3.8, 4) is 0 Å². The predicted octanol–water partition coefficient (Wildman–Crippen LogP) is 1.51. The number of aliphatic carboxylic acids is 1. The molecule has 0 unspecified atom stereocenters. The Hall–Kier alpha value is -1.52. The maximum Gasteiger partial charge on any atom is 0.329 e. The lowest BCUT2D eigenvalue weighted by molar-refractivity contribution is -0.144. The zero-order chi connectivity index (χ0) is 12.8. The minimum Gasteiger partial charge on any atom is -0.480 e. The molecule has 0 aliphatic rings. The monoisotopic (exact) mass is 228 g/mol. The molecular weight excluding hydrogens is 208 g/mol. The minimum absolute atomic E-state index is 0.342. The van der Waals surface area contributed by atoms with Gasteiger partial charge < -0.3 is 15.7 Å². The van der Waals surface area contributed by atoms with Gasteiger partial charge in [-0.3, -0.25) is 0 Å². The van der Waals surface area contributed by atoms with E-state index in [1.807, 2.05) is 0 Å². The summed E-state index contributed by atoms with van der Waals surface area (Å²) in [5, 5.41) is 14.1. The molecule has 0 aliphatic heterocycles. The topological polar surface area (TPSA) is 78.4 Å². The summed E-state index contributed by atoms with van der Waals surface area (Å²) in [5.41, 5.74) is -0.372. The number of carboxylic acid groups (broad SMARTS) is 1. The summed E-state index contributed by atoms with van der Waals surface area (Å²) in [4.78, 5) is 22.6. The van der Waals surface area contributed by atoms with E-state index < -0.39 is 17.5 Å². The largest absolute Gasteiger partial charge is 0.480 e. The van der Waals surface area contributed by atoms with E-state index >= 15 is 0 Å². The molecular formula is C11H20N2O3. The van der Waals surface area contributed by atoms with E-state index in [1.54, 1.807) is 20.8 Å². The quantitative estimate of drug-likeness (QED) is 0.603. The highest BCUT2D eigenvalue weighted by Gasteiger charge is 2.36. The van der Waals surface area contributed by atoms with Gasteiger partial charge >= 0.3 is 12.0 Å². The molecule has 16 heavy (non-hydrogen) atoms. The molecule has 0 fully saturated rings. The number of urea groups is 1. The van der Waals surface area contributed by atoms with E-state index in [9.17, 15) is 9.59 Å². The fraction of sp³-hybridized carbons (Fsp3) is 0.636. The number of carbonyl (C=O) groups is 2. The van der Waals surface area contributed by atoms with Crippen molar-refractivity contribution in [2.75, 3.05) is 6.54 Å². The van der Waals surface area contributed by atoms with E-state index in [1.165, 1.54) is 0 Å². The van der Waals surface area contributed by atoms with Crippen molar-refractivity contribution < 1.29 is 14.7 Å². The van der Waals surface area contributed by atoms with E-state index in [0.29, 0.717) is 19.4 Å². The number of carbonyl (C=O) groups excluding carboxylic acids is 1. The van der Waals surface area contributed by atoms with Crippen LogP contribution in [-0.2, 0) is 4.79 Å². The van der Waals surface area contributed by atoms with Crippen LogP contribution in [0.15, 0.2) is 12.2 Å². The first-order valence-electron chi connectivity index (χ1n) is 5.31. The molecule has 0 saturated carbocycles. The van der Waals surface area contributed by atoms with Crippen LogP contribution in [0, 0.1) is 0 Å². The standard InChI is InChI=1S/C11H20N2O3/c1-5-11(6-2,9(14)15)13-10(16)12-7-8(3)4/h3,5-7H2,1-2,4H3,(H,14,15)(H2,12,13,16). The summed E-state index contributed by atoms with van der Waals surface area (Å²) in [6, 6.07) is -0.478. The van der Waals surface area contributed by atoms with Gasteiger partial charge in [-0.25, -0.2) is 9.59 Å². The van der Waals surface area contributed by atoms with Crippen LogP contribution in [0.2, 0.25) is 0 Å². The highest BCUT2D eigenvalue weighted by Crippen LogP contribution is 2.14. The minimum atomic E-state index is -1.18. The number of carboxylic acids is 1. The number of amides is 2. The molecule has 92 valence electrons. The first-order chi connectivity index (χ1) is 7.38. The van der Waals surface area contributed by atoms with Crippen LogP contribution in [-0.4, -0.2) is 29.2 Å². The van der Waals surface area contributed by atoms with Gasteiger partial charge in [0.05, 0.1) is 0 Å². The summed E-state index contributed by atoms with van der Waals surface area (Å²) in [6.07, 6.45) is 0.693. The molecule has 0 aliphatic carbocycles. The van der Waals surface area contributed by atoms with Gasteiger partial charge in [-0.05, 0) is 19.8 Å². The molecule has 2 amide bonds. The summed E-state index contributed by atoms with van der Waals surface area (Å²) in [6.45, 7) is 9.23. The lowest BCUT2D eigenvalue weighted by Crippen LogP contribution is -2.56. The maximum atomic E-state index is 11.5. The van der Waals surface area contributed by atoms with Crippen molar-refractivity contribution in [2.45, 2.75) is 39.2 Å². The van der Waals surface area contributed by atoms with E-state index in [4.69, 9.17) is 5.11 Å². The van der Waals surface area contributed by atoms with E-state index in [2.05, 4.69) is 17.2 Å². The van der Waals surface area contributed by atoms with Crippen molar-refractivity contribution in [3.05, 3.63) is 12.2 Å². The fourth-order valence-electron chi connectivity index (χ4n) is 1.28. The lowest BCUT2D eigenvalue weighted by Gasteiger charge is -2.28. The lowest BCUT2D eigenvalue weighted by atomic mass is 9.93. The molecule has 0 aromatic heterocycles. The summed E-state index contributed by atoms with van der Waals surface area (Å²) < 4.78 is 0. The summed E-state index contributed by atoms with van der Waals surface area (Å²) in [5.74, 6) is -1.01. The number of rotatable bonds is 6. The second kappa shape index (κ2) is 6.15. The normalized spacial score (nSPS) is 10.7. The third-order valence-electron chi connectivity index (χ3n) is 2.52. The number of hydrogen-bond donors (Lipinski definition) is 3. The Morgan fingerprint density at radius 3 is 2.12 bits per heavy atom. The van der Waals surface area contributed by atoms with Gasteiger partial charge in [0, 0.05) is 6.54 Å². The highest BCUT2D eigenvalue weighted by atomic mass is 16.4. The summed E-state index contributed by atoms with van der Waals surface area (Å²) >= 11 is 0. The molecule has 0 atom stereocenters. The molecule has 3 N–H and O–H groups in total. The second-order valence-corrected chi connectivity index (χ2v) is 3.86. The molecule has 0 heterocycles. The SMILES string of the molecule is C=C(C)CNC(=O)NC(CC)(CC)C(=O)O. The van der Waals surface area contributed by atoms with Crippen molar-refractivity contribution in [1.82, 2.24) is 10.6 Å². The third-order valence-corrected chi connectivity index (χ3v) is 2.52. The molecule has 5 nitrogen and oxygen atoms in total.